The van der Waals surface area contributed by atoms with E-state index in [4.69, 9.17) is 5.11 Å². The molecule has 0 atom stereocenters. The lowest BCUT2D eigenvalue weighted by atomic mass is 10.2. The van der Waals surface area contributed by atoms with Gasteiger partial charge in [0, 0.05) is 25.4 Å². The number of carbonyl (C=O) groups excluding carboxylic acids is 1. The highest BCUT2D eigenvalue weighted by atomic mass is 16.4. The van der Waals surface area contributed by atoms with E-state index in [-0.39, 0.29) is 18.0 Å². The number of aromatic nitrogens is 2. The standard InChI is InChI=1S/C10H13N3O3/c14-9(15)3-1-2-4-13-10(16)8-7-11-5-6-12-8/h5-7H,1-4H2,(H,13,16)(H,14,15). The zero-order valence-corrected chi connectivity index (χ0v) is 8.72. The summed E-state index contributed by atoms with van der Waals surface area (Å²) in [6, 6.07) is 0. The van der Waals surface area contributed by atoms with Gasteiger partial charge in [-0.15, -0.1) is 0 Å². The molecule has 0 bridgehead atoms. The molecule has 0 aliphatic rings. The predicted molar refractivity (Wildman–Crippen MR) is 55.9 cm³/mol. The maximum absolute atomic E-state index is 11.4. The van der Waals surface area contributed by atoms with Crippen LogP contribution in [0.5, 0.6) is 0 Å². The second-order valence-electron chi connectivity index (χ2n) is 3.20. The van der Waals surface area contributed by atoms with Crippen molar-refractivity contribution in [2.24, 2.45) is 0 Å². The number of rotatable bonds is 6. The maximum atomic E-state index is 11.4. The number of carboxylic acid groups (broad SMARTS) is 1. The fourth-order valence-corrected chi connectivity index (χ4v) is 1.11. The number of nitrogens with zero attached hydrogens (tertiary/aromatic N) is 2. The lowest BCUT2D eigenvalue weighted by Crippen LogP contribution is -2.25. The molecule has 6 nitrogen and oxygen atoms in total. The number of carboxylic acids is 1. The topological polar surface area (TPSA) is 92.2 Å². The van der Waals surface area contributed by atoms with Gasteiger partial charge < -0.3 is 10.4 Å². The summed E-state index contributed by atoms with van der Waals surface area (Å²) in [6.07, 6.45) is 5.63. The summed E-state index contributed by atoms with van der Waals surface area (Å²) in [5.74, 6) is -1.11. The van der Waals surface area contributed by atoms with Crippen LogP contribution in [0.1, 0.15) is 29.8 Å². The second kappa shape index (κ2) is 6.49. The van der Waals surface area contributed by atoms with Gasteiger partial charge in [-0.25, -0.2) is 4.98 Å². The molecule has 0 radical (unpaired) electrons. The molecule has 2 N–H and O–H groups in total. The first-order valence-corrected chi connectivity index (χ1v) is 4.96. The highest BCUT2D eigenvalue weighted by Gasteiger charge is 2.05. The Morgan fingerprint density at radius 3 is 2.75 bits per heavy atom. The quantitative estimate of drug-likeness (QED) is 0.683. The van der Waals surface area contributed by atoms with Crippen LogP contribution in [-0.4, -0.2) is 33.5 Å². The first-order valence-electron chi connectivity index (χ1n) is 4.96. The minimum absolute atomic E-state index is 0.126. The van der Waals surface area contributed by atoms with E-state index >= 15 is 0 Å². The Hall–Kier alpha value is -1.98. The normalized spacial score (nSPS) is 9.75. The first kappa shape index (κ1) is 12.1. The van der Waals surface area contributed by atoms with E-state index in [0.717, 1.165) is 0 Å². The van der Waals surface area contributed by atoms with Gasteiger partial charge in [0.1, 0.15) is 5.69 Å². The van der Waals surface area contributed by atoms with Gasteiger partial charge in [0.15, 0.2) is 0 Å². The Morgan fingerprint density at radius 1 is 1.31 bits per heavy atom. The van der Waals surface area contributed by atoms with E-state index in [1.54, 1.807) is 0 Å². The lowest BCUT2D eigenvalue weighted by Gasteiger charge is -2.02. The minimum atomic E-state index is -0.819. The number of hydrogen-bond acceptors (Lipinski definition) is 4. The average molecular weight is 223 g/mol. The molecule has 0 aliphatic carbocycles. The Kier molecular flexibility index (Phi) is 4.91. The van der Waals surface area contributed by atoms with Gasteiger partial charge >= 0.3 is 5.97 Å². The van der Waals surface area contributed by atoms with Crippen LogP contribution in [-0.2, 0) is 4.79 Å². The van der Waals surface area contributed by atoms with Gasteiger partial charge in [0.2, 0.25) is 0 Å². The number of aliphatic carboxylic acids is 1. The van der Waals surface area contributed by atoms with Gasteiger partial charge in [-0.05, 0) is 12.8 Å². The van der Waals surface area contributed by atoms with Crippen LogP contribution in [0, 0.1) is 0 Å². The Morgan fingerprint density at radius 2 is 2.12 bits per heavy atom. The van der Waals surface area contributed by atoms with Crippen molar-refractivity contribution >= 4 is 11.9 Å². The summed E-state index contributed by atoms with van der Waals surface area (Å²) in [6.45, 7) is 0.447. The molecule has 0 spiro atoms. The summed E-state index contributed by atoms with van der Waals surface area (Å²) in [4.78, 5) is 29.2. The summed E-state index contributed by atoms with van der Waals surface area (Å²) in [5.41, 5.74) is 0.265. The fraction of sp³-hybridized carbons (Fsp3) is 0.400. The number of hydrogen-bond donors (Lipinski definition) is 2. The van der Waals surface area contributed by atoms with Crippen molar-refractivity contribution in [1.82, 2.24) is 15.3 Å². The fourth-order valence-electron chi connectivity index (χ4n) is 1.11. The molecule has 0 saturated heterocycles. The molecule has 6 heteroatoms. The monoisotopic (exact) mass is 223 g/mol. The Bertz CT molecular complexity index is 354. The smallest absolute Gasteiger partial charge is 0.303 e. The highest BCUT2D eigenvalue weighted by Crippen LogP contribution is 1.95. The number of unbranched alkanes of at least 4 members (excludes halogenated alkanes) is 1. The first-order chi connectivity index (χ1) is 7.70. The van der Waals surface area contributed by atoms with Crippen LogP contribution in [0.4, 0.5) is 0 Å². The Labute approximate surface area is 92.7 Å². The van der Waals surface area contributed by atoms with Crippen molar-refractivity contribution in [1.29, 1.82) is 0 Å². The van der Waals surface area contributed by atoms with Gasteiger partial charge in [-0.1, -0.05) is 0 Å². The van der Waals surface area contributed by atoms with E-state index in [1.165, 1.54) is 18.6 Å². The van der Waals surface area contributed by atoms with Crippen molar-refractivity contribution in [2.45, 2.75) is 19.3 Å². The maximum Gasteiger partial charge on any atom is 0.303 e. The minimum Gasteiger partial charge on any atom is -0.481 e. The van der Waals surface area contributed by atoms with Crippen molar-refractivity contribution < 1.29 is 14.7 Å². The zero-order valence-electron chi connectivity index (χ0n) is 8.72. The van der Waals surface area contributed by atoms with Crippen LogP contribution in [0.15, 0.2) is 18.6 Å². The third-order valence-electron chi connectivity index (χ3n) is 1.90. The van der Waals surface area contributed by atoms with E-state index in [0.29, 0.717) is 19.4 Å². The van der Waals surface area contributed by atoms with Crippen LogP contribution < -0.4 is 5.32 Å². The molecule has 0 unspecified atom stereocenters. The second-order valence-corrected chi connectivity index (χ2v) is 3.20. The molecule has 1 amide bonds. The number of carbonyl (C=O) groups is 2. The Balaban J connectivity index is 2.19. The average Bonchev–Trinajstić information content (AvgIpc) is 2.29. The van der Waals surface area contributed by atoms with E-state index in [2.05, 4.69) is 15.3 Å². The van der Waals surface area contributed by atoms with Crippen molar-refractivity contribution in [3.8, 4) is 0 Å². The van der Waals surface area contributed by atoms with Crippen molar-refractivity contribution in [3.05, 3.63) is 24.3 Å². The molecule has 86 valence electrons. The molecule has 0 fully saturated rings. The number of nitrogens with one attached hydrogen (secondary N) is 1. The summed E-state index contributed by atoms with van der Waals surface area (Å²) < 4.78 is 0. The molecule has 16 heavy (non-hydrogen) atoms. The summed E-state index contributed by atoms with van der Waals surface area (Å²) in [5, 5.41) is 11.0. The molecule has 1 aromatic rings. The summed E-state index contributed by atoms with van der Waals surface area (Å²) in [7, 11) is 0. The van der Waals surface area contributed by atoms with Crippen molar-refractivity contribution in [2.75, 3.05) is 6.54 Å². The lowest BCUT2D eigenvalue weighted by molar-refractivity contribution is -0.137. The SMILES string of the molecule is O=C(O)CCCCNC(=O)c1cnccn1. The van der Waals surface area contributed by atoms with Gasteiger partial charge in [-0.3, -0.25) is 14.6 Å². The highest BCUT2D eigenvalue weighted by molar-refractivity contribution is 5.91. The van der Waals surface area contributed by atoms with Crippen LogP contribution >= 0.6 is 0 Å². The van der Waals surface area contributed by atoms with Crippen LogP contribution in [0.3, 0.4) is 0 Å². The summed E-state index contributed by atoms with van der Waals surface area (Å²) >= 11 is 0. The van der Waals surface area contributed by atoms with E-state index < -0.39 is 5.97 Å². The van der Waals surface area contributed by atoms with E-state index in [1.807, 2.05) is 0 Å². The zero-order chi connectivity index (χ0) is 11.8. The van der Waals surface area contributed by atoms with Gasteiger partial charge in [0.05, 0.1) is 6.20 Å². The molecule has 0 saturated carbocycles. The molecular weight excluding hydrogens is 210 g/mol. The number of amides is 1. The van der Waals surface area contributed by atoms with Crippen LogP contribution in [0.2, 0.25) is 0 Å². The molecule has 1 aromatic heterocycles. The molecule has 0 aliphatic heterocycles. The third-order valence-corrected chi connectivity index (χ3v) is 1.90. The molecule has 1 rings (SSSR count). The third kappa shape index (κ3) is 4.50. The van der Waals surface area contributed by atoms with Crippen molar-refractivity contribution in [3.63, 3.8) is 0 Å². The van der Waals surface area contributed by atoms with Gasteiger partial charge in [-0.2, -0.15) is 0 Å². The molecular formula is C10H13N3O3. The largest absolute Gasteiger partial charge is 0.481 e. The van der Waals surface area contributed by atoms with Gasteiger partial charge in [0.25, 0.3) is 5.91 Å². The molecule has 1 heterocycles. The van der Waals surface area contributed by atoms with E-state index in [9.17, 15) is 9.59 Å². The molecule has 0 aromatic carbocycles. The van der Waals surface area contributed by atoms with Crippen LogP contribution in [0.25, 0.3) is 0 Å². The predicted octanol–water partition coefficient (Wildman–Crippen LogP) is 0.461.